The number of ether oxygens (including phenoxy) is 2. The average molecular weight is 270 g/mol. The van der Waals surface area contributed by atoms with Crippen LogP contribution in [0, 0.1) is 5.82 Å². The highest BCUT2D eigenvalue weighted by Crippen LogP contribution is 2.27. The minimum atomic E-state index is -0.276. The van der Waals surface area contributed by atoms with E-state index in [4.69, 9.17) is 9.47 Å². The van der Waals surface area contributed by atoms with Gasteiger partial charge in [0.05, 0.1) is 0 Å². The molecule has 0 aliphatic heterocycles. The molecule has 3 heteroatoms. The van der Waals surface area contributed by atoms with Crippen molar-refractivity contribution in [3.05, 3.63) is 66.5 Å². The molecule has 0 N–H and O–H groups in total. The molecule has 0 heterocycles. The van der Waals surface area contributed by atoms with E-state index in [1.54, 1.807) is 12.1 Å². The van der Waals surface area contributed by atoms with Crippen molar-refractivity contribution in [2.45, 2.75) is 18.9 Å². The summed E-state index contributed by atoms with van der Waals surface area (Å²) in [5.74, 6) is 1.78. The molecule has 2 nitrogen and oxygen atoms in total. The molecule has 0 saturated heterocycles. The number of rotatable bonds is 4. The summed E-state index contributed by atoms with van der Waals surface area (Å²) in [6, 6.07) is 13.4. The molecule has 1 atom stereocenters. The zero-order chi connectivity index (χ0) is 13.8. The van der Waals surface area contributed by atoms with Gasteiger partial charge in [0.15, 0.2) is 0 Å². The van der Waals surface area contributed by atoms with Crippen molar-refractivity contribution in [3.8, 4) is 17.2 Å². The zero-order valence-electron chi connectivity index (χ0n) is 11.0. The molecule has 20 heavy (non-hydrogen) atoms. The topological polar surface area (TPSA) is 18.5 Å². The van der Waals surface area contributed by atoms with Crippen LogP contribution in [0.1, 0.15) is 12.8 Å². The van der Waals surface area contributed by atoms with Gasteiger partial charge in [-0.25, -0.2) is 4.39 Å². The second kappa shape index (κ2) is 5.78. The van der Waals surface area contributed by atoms with Crippen LogP contribution in [0.15, 0.2) is 60.7 Å². The van der Waals surface area contributed by atoms with E-state index in [2.05, 4.69) is 12.2 Å². The Kier molecular flexibility index (Phi) is 3.68. The van der Waals surface area contributed by atoms with Crippen LogP contribution in [-0.2, 0) is 0 Å². The van der Waals surface area contributed by atoms with E-state index in [0.29, 0.717) is 11.5 Å². The molecule has 102 valence electrons. The Balaban J connectivity index is 1.70. The zero-order valence-corrected chi connectivity index (χ0v) is 11.0. The molecule has 3 rings (SSSR count). The lowest BCUT2D eigenvalue weighted by atomic mass is 10.3. The fourth-order valence-corrected chi connectivity index (χ4v) is 2.13. The molecule has 2 aromatic rings. The maximum Gasteiger partial charge on any atom is 0.131 e. The molecule has 0 aromatic heterocycles. The van der Waals surface area contributed by atoms with E-state index in [0.717, 1.165) is 18.6 Å². The number of halogens is 1. The molecule has 1 unspecified atom stereocenters. The third-order valence-electron chi connectivity index (χ3n) is 3.11. The Morgan fingerprint density at radius 3 is 2.50 bits per heavy atom. The van der Waals surface area contributed by atoms with Crippen molar-refractivity contribution in [2.24, 2.45) is 0 Å². The maximum absolute atomic E-state index is 12.8. The van der Waals surface area contributed by atoms with Gasteiger partial charge in [0, 0.05) is 6.07 Å². The van der Waals surface area contributed by atoms with Gasteiger partial charge in [-0.2, -0.15) is 0 Å². The van der Waals surface area contributed by atoms with Gasteiger partial charge in [0.1, 0.15) is 29.2 Å². The van der Waals surface area contributed by atoms with Crippen LogP contribution in [0.4, 0.5) is 4.39 Å². The van der Waals surface area contributed by atoms with E-state index < -0.39 is 0 Å². The molecule has 1 aliphatic rings. The molecule has 0 radical (unpaired) electrons. The van der Waals surface area contributed by atoms with E-state index >= 15 is 0 Å². The standard InChI is InChI=1S/C17H15FO2/c18-13-8-10-15(11-9-13)20-17-7-3-6-16(12-17)19-14-4-1-2-5-14/h1,3-4,6-12,14H,2,5H2. The average Bonchev–Trinajstić information content (AvgIpc) is 2.95. The molecule has 0 amide bonds. The van der Waals surface area contributed by atoms with E-state index in [1.165, 1.54) is 12.1 Å². The molecule has 1 aliphatic carbocycles. The molecular formula is C17H15FO2. The molecule has 0 spiro atoms. The van der Waals surface area contributed by atoms with Gasteiger partial charge in [0.2, 0.25) is 0 Å². The first-order valence-corrected chi connectivity index (χ1v) is 6.66. The fourth-order valence-electron chi connectivity index (χ4n) is 2.13. The number of allylic oxidation sites excluding steroid dienone is 1. The summed E-state index contributed by atoms with van der Waals surface area (Å²) < 4.78 is 24.4. The second-order valence-corrected chi connectivity index (χ2v) is 4.69. The lowest BCUT2D eigenvalue weighted by Gasteiger charge is -2.13. The molecule has 2 aromatic carbocycles. The van der Waals surface area contributed by atoms with Crippen molar-refractivity contribution in [1.29, 1.82) is 0 Å². The van der Waals surface area contributed by atoms with E-state index in [-0.39, 0.29) is 11.9 Å². The SMILES string of the molecule is Fc1ccc(Oc2cccc(OC3C=CCC3)c2)cc1. The fraction of sp³-hybridized carbons (Fsp3) is 0.176. The predicted molar refractivity (Wildman–Crippen MR) is 75.7 cm³/mol. The molecule has 0 fully saturated rings. The number of hydrogen-bond donors (Lipinski definition) is 0. The number of hydrogen-bond acceptors (Lipinski definition) is 2. The van der Waals surface area contributed by atoms with Gasteiger partial charge in [-0.3, -0.25) is 0 Å². The second-order valence-electron chi connectivity index (χ2n) is 4.69. The molecular weight excluding hydrogens is 255 g/mol. The first kappa shape index (κ1) is 12.7. The lowest BCUT2D eigenvalue weighted by molar-refractivity contribution is 0.248. The van der Waals surface area contributed by atoms with Crippen molar-refractivity contribution < 1.29 is 13.9 Å². The third kappa shape index (κ3) is 3.18. The van der Waals surface area contributed by atoms with Gasteiger partial charge in [-0.05, 0) is 55.3 Å². The Labute approximate surface area is 117 Å². The highest BCUT2D eigenvalue weighted by Gasteiger charge is 2.11. The van der Waals surface area contributed by atoms with Crippen LogP contribution in [0.25, 0.3) is 0 Å². The maximum atomic E-state index is 12.8. The van der Waals surface area contributed by atoms with Crippen LogP contribution in [0.5, 0.6) is 17.2 Å². The monoisotopic (exact) mass is 270 g/mol. The van der Waals surface area contributed by atoms with Crippen molar-refractivity contribution in [1.82, 2.24) is 0 Å². The van der Waals surface area contributed by atoms with Crippen molar-refractivity contribution >= 4 is 0 Å². The Morgan fingerprint density at radius 2 is 1.75 bits per heavy atom. The Morgan fingerprint density at radius 1 is 0.950 bits per heavy atom. The summed E-state index contributed by atoms with van der Waals surface area (Å²) in [7, 11) is 0. The minimum Gasteiger partial charge on any atom is -0.486 e. The summed E-state index contributed by atoms with van der Waals surface area (Å²) in [5, 5.41) is 0. The lowest BCUT2D eigenvalue weighted by Crippen LogP contribution is -2.09. The van der Waals surface area contributed by atoms with Gasteiger partial charge in [-0.1, -0.05) is 12.1 Å². The van der Waals surface area contributed by atoms with Gasteiger partial charge in [-0.15, -0.1) is 0 Å². The smallest absolute Gasteiger partial charge is 0.131 e. The first-order chi connectivity index (χ1) is 9.79. The van der Waals surface area contributed by atoms with Crippen LogP contribution in [-0.4, -0.2) is 6.10 Å². The number of benzene rings is 2. The quantitative estimate of drug-likeness (QED) is 0.749. The van der Waals surface area contributed by atoms with Gasteiger partial charge >= 0.3 is 0 Å². The van der Waals surface area contributed by atoms with Gasteiger partial charge in [0.25, 0.3) is 0 Å². The Hall–Kier alpha value is -2.29. The largest absolute Gasteiger partial charge is 0.486 e. The summed E-state index contributed by atoms with van der Waals surface area (Å²) in [4.78, 5) is 0. The van der Waals surface area contributed by atoms with E-state index in [1.807, 2.05) is 24.3 Å². The normalized spacial score (nSPS) is 17.1. The van der Waals surface area contributed by atoms with Crippen LogP contribution >= 0.6 is 0 Å². The molecule has 0 saturated carbocycles. The van der Waals surface area contributed by atoms with Gasteiger partial charge < -0.3 is 9.47 Å². The van der Waals surface area contributed by atoms with Crippen LogP contribution in [0.2, 0.25) is 0 Å². The summed E-state index contributed by atoms with van der Waals surface area (Å²) >= 11 is 0. The predicted octanol–water partition coefficient (Wildman–Crippen LogP) is 4.72. The minimum absolute atomic E-state index is 0.149. The Bertz CT molecular complexity index is 605. The van der Waals surface area contributed by atoms with Crippen LogP contribution in [0.3, 0.4) is 0 Å². The first-order valence-electron chi connectivity index (χ1n) is 6.66. The van der Waals surface area contributed by atoms with E-state index in [9.17, 15) is 4.39 Å². The summed E-state index contributed by atoms with van der Waals surface area (Å²) in [6.07, 6.45) is 6.44. The summed E-state index contributed by atoms with van der Waals surface area (Å²) in [6.45, 7) is 0. The summed E-state index contributed by atoms with van der Waals surface area (Å²) in [5.41, 5.74) is 0. The van der Waals surface area contributed by atoms with Crippen molar-refractivity contribution in [3.63, 3.8) is 0 Å². The highest BCUT2D eigenvalue weighted by atomic mass is 19.1. The van der Waals surface area contributed by atoms with Crippen molar-refractivity contribution in [2.75, 3.05) is 0 Å². The molecule has 0 bridgehead atoms. The highest BCUT2D eigenvalue weighted by molar-refractivity contribution is 5.37. The third-order valence-corrected chi connectivity index (χ3v) is 3.11. The van der Waals surface area contributed by atoms with Crippen LogP contribution < -0.4 is 9.47 Å².